The molecule has 43 heteroatoms. The molecule has 0 aromatic heterocycles. The van der Waals surface area contributed by atoms with Crippen molar-refractivity contribution in [1.82, 2.24) is 0 Å². The second kappa shape index (κ2) is 38.3. The number of carbonyl (C=O) groups is 5. The first-order chi connectivity index (χ1) is 56.0. The number of benzene rings is 5. The summed E-state index contributed by atoms with van der Waals surface area (Å²) in [6.07, 6.45) is -42.2. The van der Waals surface area contributed by atoms with E-state index in [0.29, 0.717) is 0 Å². The van der Waals surface area contributed by atoms with Crippen LogP contribution < -0.4 is 23.7 Å². The molecule has 0 unspecified atom stereocenters. The van der Waals surface area contributed by atoms with Gasteiger partial charge in [0.25, 0.3) is 0 Å². The highest BCUT2D eigenvalue weighted by Crippen LogP contribution is 2.46. The largest absolute Gasteiger partial charge is 0.507 e. The maximum absolute atomic E-state index is 13.2. The monoisotopic (exact) mass is 1670 g/mol. The highest BCUT2D eigenvalue weighted by molar-refractivity contribution is 5.90. The summed E-state index contributed by atoms with van der Waals surface area (Å²) in [6.45, 7) is -3.99. The first kappa shape index (κ1) is 88.0. The minimum Gasteiger partial charge on any atom is -0.507 e. The molecule has 11 rings (SSSR count). The average Bonchev–Trinajstić information content (AvgIpc) is 0.761. The van der Waals surface area contributed by atoms with Crippen LogP contribution in [0.3, 0.4) is 0 Å². The van der Waals surface area contributed by atoms with Crippen molar-refractivity contribution in [3.05, 3.63) is 137 Å². The lowest BCUT2D eigenvalue weighted by atomic mass is 9.98. The molecule has 5 saturated heterocycles. The van der Waals surface area contributed by atoms with Gasteiger partial charge in [0, 0.05) is 47.9 Å². The van der Waals surface area contributed by atoms with Gasteiger partial charge in [0.2, 0.25) is 31.5 Å². The zero-order valence-corrected chi connectivity index (χ0v) is 60.9. The number of hydrogen-bond donors (Lipinski definition) is 23. The molecular weight excluding hydrogens is 1590 g/mol. The van der Waals surface area contributed by atoms with Crippen molar-refractivity contribution in [1.29, 1.82) is 0 Å². The number of ether oxygens (including phenoxy) is 15. The van der Waals surface area contributed by atoms with Crippen LogP contribution >= 0.6 is 0 Å². The molecule has 25 atom stereocenters. The van der Waals surface area contributed by atoms with Crippen LogP contribution in [0.1, 0.15) is 34.2 Å². The maximum atomic E-state index is 13.2. The van der Waals surface area contributed by atoms with Gasteiger partial charge in [-0.15, -0.1) is 0 Å². The fraction of sp³-hybridized carbons (Fsp3) is 0.427. The summed E-state index contributed by atoms with van der Waals surface area (Å²) in [7, 11) is 0. The molecule has 5 aromatic carbocycles. The number of rotatable bonds is 28. The number of hydrogen-bond acceptors (Lipinski definition) is 42. The second-order valence-corrected chi connectivity index (χ2v) is 27.3. The Bertz CT molecular complexity index is 4530. The molecule has 0 saturated carbocycles. The topological polar surface area (TPSA) is 689 Å². The van der Waals surface area contributed by atoms with Crippen molar-refractivity contribution < 1.29 is 212 Å². The average molecular weight is 1670 g/mol. The highest BCUT2D eigenvalue weighted by atomic mass is 16.7. The summed E-state index contributed by atoms with van der Waals surface area (Å²) in [5.74, 6) is -12.3. The second-order valence-electron chi connectivity index (χ2n) is 27.3. The first-order valence-corrected chi connectivity index (χ1v) is 35.7. The van der Waals surface area contributed by atoms with E-state index in [9.17, 15) is 136 Å². The Balaban J connectivity index is 0.729. The van der Waals surface area contributed by atoms with E-state index in [2.05, 4.69) is 0 Å². The SMILES string of the molecule is O=C(O)CC(=O)OC[C@H]1O[C@@H](OC2=C(c3ccc(O)c(O[C@@H]4O[C@H](COC(=O)C=Cc5ccc(O[C@@H]6O[C@H](COC(=O)C=Cc7ccc(O[C@@H]8O[C@H](CO)[C@@H](O)[C@H](O)[C@H]8O)c(O)c7)[C@@H](O)[C@H](O)[C@H]6O)c(O)c5)[C@@H](O)[C@H](O)[C@H]4O)c3)Oc3cc(O[C@@H]4O[C@H](COC(=O)C=Cc5ccc(O)c(O)c5)[C@@H](O)[C@H](O)[C@H]4O)cc(O)c3C2)[C@H](O)[C@@H](O)[C@@H]1O. The molecule has 0 amide bonds. The number of carboxylic acid groups (broad SMARTS) is 1. The van der Waals surface area contributed by atoms with Crippen LogP contribution in [0.15, 0.2) is 109 Å². The van der Waals surface area contributed by atoms with Crippen molar-refractivity contribution in [2.45, 2.75) is 166 Å². The molecule has 6 heterocycles. The third-order valence-corrected chi connectivity index (χ3v) is 19.0. The number of carboxylic acids is 1. The van der Waals surface area contributed by atoms with Crippen LogP contribution in [0, 0.1) is 0 Å². The van der Waals surface area contributed by atoms with Gasteiger partial charge in [0.05, 0.1) is 6.61 Å². The fourth-order valence-corrected chi connectivity index (χ4v) is 12.4. The van der Waals surface area contributed by atoms with Gasteiger partial charge in [-0.05, 0) is 89.5 Å². The Hall–Kier alpha value is -10.8. The lowest BCUT2D eigenvalue weighted by Gasteiger charge is -2.41. The number of aliphatic hydroxyl groups is 16. The van der Waals surface area contributed by atoms with Gasteiger partial charge in [-0.1, -0.05) is 18.2 Å². The number of aromatic hydroxyl groups is 6. The Morgan fingerprint density at radius 2 is 0.737 bits per heavy atom. The quantitative estimate of drug-likeness (QED) is 0.00731. The van der Waals surface area contributed by atoms with Crippen molar-refractivity contribution in [3.63, 3.8) is 0 Å². The lowest BCUT2D eigenvalue weighted by molar-refractivity contribution is -0.292. The molecule has 118 heavy (non-hydrogen) atoms. The van der Waals surface area contributed by atoms with E-state index in [1.165, 1.54) is 42.5 Å². The Morgan fingerprint density at radius 3 is 1.15 bits per heavy atom. The van der Waals surface area contributed by atoms with Gasteiger partial charge in [0.15, 0.2) is 51.8 Å². The number of phenols is 6. The van der Waals surface area contributed by atoms with E-state index in [0.717, 1.165) is 78.9 Å². The van der Waals surface area contributed by atoms with Crippen LogP contribution in [0.4, 0.5) is 0 Å². The lowest BCUT2D eigenvalue weighted by Crippen LogP contribution is -2.60. The third-order valence-electron chi connectivity index (χ3n) is 19.0. The van der Waals surface area contributed by atoms with Crippen LogP contribution in [0.2, 0.25) is 0 Å². The molecule has 5 fully saturated rings. The number of carbonyl (C=O) groups excluding carboxylic acids is 4. The smallest absolute Gasteiger partial charge is 0.330 e. The number of esters is 4. The van der Waals surface area contributed by atoms with Crippen LogP contribution in [-0.4, -0.2) is 334 Å². The van der Waals surface area contributed by atoms with E-state index >= 15 is 0 Å². The predicted molar refractivity (Wildman–Crippen MR) is 381 cm³/mol. The Morgan fingerprint density at radius 1 is 0.364 bits per heavy atom. The van der Waals surface area contributed by atoms with Crippen LogP contribution in [0.25, 0.3) is 24.0 Å². The third kappa shape index (κ3) is 20.8. The van der Waals surface area contributed by atoms with E-state index < -0.39 is 281 Å². The normalized spacial score (nSPS) is 31.6. The Kier molecular flexibility index (Phi) is 28.5. The van der Waals surface area contributed by atoms with Gasteiger partial charge in [0.1, 0.15) is 178 Å². The molecule has 0 aliphatic carbocycles. The summed E-state index contributed by atoms with van der Waals surface area (Å²) in [6, 6.07) is 16.1. The molecule has 640 valence electrons. The van der Waals surface area contributed by atoms with Gasteiger partial charge in [-0.2, -0.15) is 0 Å². The molecular formula is C75H82O43. The first-order valence-electron chi connectivity index (χ1n) is 35.7. The summed E-state index contributed by atoms with van der Waals surface area (Å²) in [4.78, 5) is 61.9. The molecule has 6 aliphatic heterocycles. The van der Waals surface area contributed by atoms with E-state index in [1.807, 2.05) is 0 Å². The molecule has 23 N–H and O–H groups in total. The zero-order valence-electron chi connectivity index (χ0n) is 60.9. The number of allylic oxidation sites excluding steroid dienone is 1. The molecule has 0 bridgehead atoms. The zero-order chi connectivity index (χ0) is 85.4. The number of fused-ring (bicyclic) bond motifs is 1. The Labute approximate surface area is 663 Å². The molecule has 5 aromatic rings. The van der Waals surface area contributed by atoms with Crippen molar-refractivity contribution in [2.24, 2.45) is 0 Å². The summed E-state index contributed by atoms with van der Waals surface area (Å²) >= 11 is 0. The van der Waals surface area contributed by atoms with E-state index in [4.69, 9.17) is 76.2 Å². The minimum absolute atomic E-state index is 0.0963. The highest BCUT2D eigenvalue weighted by Gasteiger charge is 2.51. The van der Waals surface area contributed by atoms with Gasteiger partial charge in [-0.25, -0.2) is 14.4 Å². The van der Waals surface area contributed by atoms with E-state index in [-0.39, 0.29) is 50.8 Å². The van der Waals surface area contributed by atoms with Gasteiger partial charge in [-0.3, -0.25) is 9.59 Å². The summed E-state index contributed by atoms with van der Waals surface area (Å²) < 4.78 is 83.9. The number of aliphatic carboxylic acids is 1. The van der Waals surface area contributed by atoms with Gasteiger partial charge >= 0.3 is 29.8 Å². The molecule has 0 radical (unpaired) electrons. The number of phenolic OH excluding ortho intramolecular Hbond substituents is 6. The predicted octanol–water partition coefficient (Wildman–Crippen LogP) is -5.43. The molecule has 0 spiro atoms. The fourth-order valence-electron chi connectivity index (χ4n) is 12.4. The minimum atomic E-state index is -2.15. The van der Waals surface area contributed by atoms with Crippen molar-refractivity contribution >= 4 is 53.8 Å². The van der Waals surface area contributed by atoms with Crippen LogP contribution in [-0.2, 0) is 77.8 Å². The van der Waals surface area contributed by atoms with Gasteiger partial charge < -0.3 is 189 Å². The maximum Gasteiger partial charge on any atom is 0.330 e. The standard InChI is InChI=1S/C75H82O43/c76-23-45-55(89)60(94)66(100)72(114-45)110-40-10-2-29(16-38(40)81)5-13-52(86)105-25-47-57(91)62(96)67(101)73(116-47)111-41-11-3-30(17-39(41)82)6-14-53(87)106-26-48-58(92)63(97)68(102)74(117-48)112-43-18-31(7-9-35(43)78)70-44(113-75-69(103)64(98)59(93)49(118-75)27-107-54(88)22-50(83)84)21-33-36(79)19-32(20-42(33)109-70)108-71-65(99)61(95)56(90)46(115-71)24-104-51(85)12-4-28-1-8-34(77)37(80)15-28/h1-20,45-49,55-69,71-82,89-103H,21-27H2,(H,83,84)/t45-,46-,47-,48-,49-,55-,56-,57-,58-,59-,60+,61+,62+,63+,64+,65-,66-,67-,68-,69-,71-,72-,73-,74-,75-/m1/s1. The molecule has 6 aliphatic rings. The van der Waals surface area contributed by atoms with Crippen molar-refractivity contribution in [2.75, 3.05) is 33.0 Å². The summed E-state index contributed by atoms with van der Waals surface area (Å²) in [5.41, 5.74) is 0.239. The number of aliphatic hydroxyl groups excluding tert-OH is 16. The van der Waals surface area contributed by atoms with E-state index in [1.54, 1.807) is 0 Å². The summed E-state index contributed by atoms with van der Waals surface area (Å²) in [5, 5.41) is 244. The van der Waals surface area contributed by atoms with Crippen molar-refractivity contribution in [3.8, 4) is 63.2 Å². The van der Waals surface area contributed by atoms with Crippen LogP contribution in [0.5, 0.6) is 63.2 Å². The molecule has 43 nitrogen and oxygen atoms in total.